The Morgan fingerprint density at radius 2 is 1.66 bits per heavy atom. The zero-order chi connectivity index (χ0) is 21.4. The van der Waals surface area contributed by atoms with Crippen molar-refractivity contribution in [1.82, 2.24) is 4.90 Å². The van der Waals surface area contributed by atoms with Crippen molar-refractivity contribution in [2.45, 2.75) is 26.5 Å². The van der Waals surface area contributed by atoms with E-state index in [0.717, 1.165) is 11.1 Å². The number of hydrogen-bond donors (Lipinski definition) is 1. The fourth-order valence-corrected chi connectivity index (χ4v) is 3.12. The number of benzene rings is 2. The van der Waals surface area contributed by atoms with Gasteiger partial charge in [0.2, 0.25) is 0 Å². The van der Waals surface area contributed by atoms with Crippen molar-refractivity contribution >= 4 is 11.8 Å². The number of nitrogens with zero attached hydrogens (tertiary/aromatic N) is 1. The summed E-state index contributed by atoms with van der Waals surface area (Å²) in [5.41, 5.74) is 7.76. The number of amides is 2. The molecular formula is C22H28N2O5. The van der Waals surface area contributed by atoms with E-state index in [9.17, 15) is 9.59 Å². The minimum absolute atomic E-state index is 0.168. The second-order valence-corrected chi connectivity index (χ2v) is 6.60. The first-order valence-corrected chi connectivity index (χ1v) is 9.33. The Bertz CT molecular complexity index is 813. The molecule has 7 nitrogen and oxygen atoms in total. The van der Waals surface area contributed by atoms with Gasteiger partial charge in [-0.1, -0.05) is 30.3 Å². The Morgan fingerprint density at radius 3 is 2.14 bits per heavy atom. The van der Waals surface area contributed by atoms with Crippen LogP contribution in [0.5, 0.6) is 11.5 Å². The lowest BCUT2D eigenvalue weighted by Crippen LogP contribution is -2.40. The van der Waals surface area contributed by atoms with Crippen LogP contribution in [-0.2, 0) is 11.3 Å². The monoisotopic (exact) mass is 400 g/mol. The molecule has 0 aliphatic carbocycles. The lowest BCUT2D eigenvalue weighted by molar-refractivity contribution is 0.0914. The minimum atomic E-state index is -0.561. The Balaban J connectivity index is 2.14. The van der Waals surface area contributed by atoms with Crippen LogP contribution in [-0.4, -0.2) is 44.1 Å². The highest BCUT2D eigenvalue weighted by atomic mass is 16.5. The first kappa shape index (κ1) is 22.2. The lowest BCUT2D eigenvalue weighted by atomic mass is 10.0. The van der Waals surface area contributed by atoms with Crippen molar-refractivity contribution < 1.29 is 23.8 Å². The number of carbonyl (C=O) groups is 2. The fraction of sp³-hybridized carbons (Fsp3) is 0.364. The molecule has 0 aliphatic rings. The van der Waals surface area contributed by atoms with E-state index in [1.54, 1.807) is 12.1 Å². The van der Waals surface area contributed by atoms with E-state index in [1.165, 1.54) is 26.0 Å². The van der Waals surface area contributed by atoms with Gasteiger partial charge in [-0.2, -0.15) is 0 Å². The highest BCUT2D eigenvalue weighted by Gasteiger charge is 2.23. The van der Waals surface area contributed by atoms with Crippen LogP contribution in [0.3, 0.4) is 0 Å². The first-order valence-electron chi connectivity index (χ1n) is 9.33. The molecule has 0 saturated heterocycles. The van der Waals surface area contributed by atoms with E-state index in [0.29, 0.717) is 36.8 Å². The molecule has 2 aromatic rings. The Hall–Kier alpha value is -3.06. The van der Waals surface area contributed by atoms with Gasteiger partial charge in [-0.05, 0) is 37.1 Å². The molecule has 0 spiro atoms. The molecule has 1 unspecified atom stereocenters. The maximum absolute atomic E-state index is 12.0. The molecule has 0 bridgehead atoms. The Morgan fingerprint density at radius 1 is 1.07 bits per heavy atom. The number of urea groups is 1. The molecule has 1 atom stereocenters. The summed E-state index contributed by atoms with van der Waals surface area (Å²) in [5.74, 6) is 0.617. The SMILES string of the molecule is COc1cc(C(C)N(CCOCc2ccccc2)C(N)=O)cc(OC)c1C(C)=O. The highest BCUT2D eigenvalue weighted by molar-refractivity contribution is 5.99. The predicted octanol–water partition coefficient (Wildman–Crippen LogP) is 3.56. The van der Waals surface area contributed by atoms with E-state index in [4.69, 9.17) is 19.9 Å². The van der Waals surface area contributed by atoms with Gasteiger partial charge in [-0.3, -0.25) is 4.79 Å². The largest absolute Gasteiger partial charge is 0.496 e. The van der Waals surface area contributed by atoms with Gasteiger partial charge in [-0.15, -0.1) is 0 Å². The number of primary amides is 1. The average Bonchev–Trinajstić information content (AvgIpc) is 2.72. The number of nitrogens with two attached hydrogens (primary N) is 1. The topological polar surface area (TPSA) is 91.1 Å². The van der Waals surface area contributed by atoms with Crippen molar-refractivity contribution in [3.05, 3.63) is 59.2 Å². The maximum atomic E-state index is 12.0. The van der Waals surface area contributed by atoms with Crippen LogP contribution < -0.4 is 15.2 Å². The normalized spacial score (nSPS) is 11.6. The van der Waals surface area contributed by atoms with Crippen molar-refractivity contribution in [2.24, 2.45) is 5.73 Å². The summed E-state index contributed by atoms with van der Waals surface area (Å²) in [6.07, 6.45) is 0. The molecule has 0 fully saturated rings. The fourth-order valence-electron chi connectivity index (χ4n) is 3.12. The third kappa shape index (κ3) is 5.71. The molecule has 2 amide bonds. The van der Waals surface area contributed by atoms with Crippen LogP contribution in [0.15, 0.2) is 42.5 Å². The van der Waals surface area contributed by atoms with Crippen molar-refractivity contribution in [1.29, 1.82) is 0 Å². The van der Waals surface area contributed by atoms with E-state index < -0.39 is 6.03 Å². The predicted molar refractivity (Wildman–Crippen MR) is 110 cm³/mol. The minimum Gasteiger partial charge on any atom is -0.496 e. The second-order valence-electron chi connectivity index (χ2n) is 6.60. The summed E-state index contributed by atoms with van der Waals surface area (Å²) >= 11 is 0. The zero-order valence-electron chi connectivity index (χ0n) is 17.3. The van der Waals surface area contributed by atoms with Gasteiger partial charge >= 0.3 is 6.03 Å². The van der Waals surface area contributed by atoms with Crippen LogP contribution in [0, 0.1) is 0 Å². The standard InChI is InChI=1S/C22H28N2O5/c1-15(18-12-19(27-3)21(16(2)25)20(13-18)28-4)24(22(23)26)10-11-29-14-17-8-6-5-7-9-17/h5-9,12-13,15H,10-11,14H2,1-4H3,(H2,23,26). The van der Waals surface area contributed by atoms with E-state index in [1.807, 2.05) is 37.3 Å². The molecule has 2 N–H and O–H groups in total. The van der Waals surface area contributed by atoms with Crippen molar-refractivity contribution in [2.75, 3.05) is 27.4 Å². The van der Waals surface area contributed by atoms with E-state index in [-0.39, 0.29) is 11.8 Å². The van der Waals surface area contributed by atoms with Crippen LogP contribution >= 0.6 is 0 Å². The van der Waals surface area contributed by atoms with Gasteiger partial charge in [0.1, 0.15) is 17.1 Å². The third-order valence-electron chi connectivity index (χ3n) is 4.70. The molecule has 156 valence electrons. The summed E-state index contributed by atoms with van der Waals surface area (Å²) < 4.78 is 16.4. The van der Waals surface area contributed by atoms with E-state index >= 15 is 0 Å². The molecule has 2 rings (SSSR count). The van der Waals surface area contributed by atoms with Crippen molar-refractivity contribution in [3.8, 4) is 11.5 Å². The summed E-state index contributed by atoms with van der Waals surface area (Å²) in [6.45, 7) is 4.41. The average molecular weight is 400 g/mol. The molecule has 0 saturated carbocycles. The summed E-state index contributed by atoms with van der Waals surface area (Å²) in [6, 6.07) is 12.3. The number of Topliss-reactive ketones (excluding diaryl/α,β-unsaturated/α-hetero) is 1. The lowest BCUT2D eigenvalue weighted by Gasteiger charge is -2.28. The van der Waals surface area contributed by atoms with Crippen LogP contribution in [0.4, 0.5) is 4.79 Å². The van der Waals surface area contributed by atoms with Gasteiger partial charge in [0, 0.05) is 6.54 Å². The molecule has 2 aromatic carbocycles. The van der Waals surface area contributed by atoms with Gasteiger partial charge < -0.3 is 24.8 Å². The smallest absolute Gasteiger partial charge is 0.315 e. The Kier molecular flexibility index (Phi) is 8.03. The van der Waals surface area contributed by atoms with Gasteiger partial charge in [0.25, 0.3) is 0 Å². The summed E-state index contributed by atoms with van der Waals surface area (Å²) in [7, 11) is 2.97. The number of ether oxygens (including phenoxy) is 3. The molecule has 0 aliphatic heterocycles. The molecular weight excluding hydrogens is 372 g/mol. The number of methoxy groups -OCH3 is 2. The van der Waals surface area contributed by atoms with Gasteiger partial charge in [-0.25, -0.2) is 4.79 Å². The number of ketones is 1. The second kappa shape index (κ2) is 10.5. The summed E-state index contributed by atoms with van der Waals surface area (Å²) in [5, 5.41) is 0. The maximum Gasteiger partial charge on any atom is 0.315 e. The molecule has 0 heterocycles. The Labute approximate surface area is 171 Å². The molecule has 7 heteroatoms. The van der Waals surface area contributed by atoms with Crippen molar-refractivity contribution in [3.63, 3.8) is 0 Å². The zero-order valence-corrected chi connectivity index (χ0v) is 17.3. The molecule has 29 heavy (non-hydrogen) atoms. The van der Waals surface area contributed by atoms with Crippen LogP contribution in [0.1, 0.15) is 41.4 Å². The summed E-state index contributed by atoms with van der Waals surface area (Å²) in [4.78, 5) is 25.5. The van der Waals surface area contributed by atoms with Gasteiger partial charge in [0.05, 0.1) is 33.5 Å². The number of carbonyl (C=O) groups excluding carboxylic acids is 2. The third-order valence-corrected chi connectivity index (χ3v) is 4.70. The van der Waals surface area contributed by atoms with Crippen LogP contribution in [0.2, 0.25) is 0 Å². The number of rotatable bonds is 10. The highest BCUT2D eigenvalue weighted by Crippen LogP contribution is 2.34. The van der Waals surface area contributed by atoms with Crippen LogP contribution in [0.25, 0.3) is 0 Å². The first-order chi connectivity index (χ1) is 13.9. The quantitative estimate of drug-likeness (QED) is 0.486. The van der Waals surface area contributed by atoms with Gasteiger partial charge in [0.15, 0.2) is 5.78 Å². The molecule has 0 radical (unpaired) electrons. The molecule has 0 aromatic heterocycles. The number of hydrogen-bond acceptors (Lipinski definition) is 5. The van der Waals surface area contributed by atoms with E-state index in [2.05, 4.69) is 0 Å².